The summed E-state index contributed by atoms with van der Waals surface area (Å²) in [7, 11) is 1.28. The van der Waals surface area contributed by atoms with E-state index in [0.717, 1.165) is 24.0 Å². The van der Waals surface area contributed by atoms with Crippen LogP contribution in [0.15, 0.2) is 36.9 Å². The van der Waals surface area contributed by atoms with Crippen molar-refractivity contribution in [1.82, 2.24) is 0 Å². The maximum atomic E-state index is 11.5. The summed E-state index contributed by atoms with van der Waals surface area (Å²) in [5.74, 6) is 1.32. The lowest BCUT2D eigenvalue weighted by Gasteiger charge is -2.37. The highest BCUT2D eigenvalue weighted by molar-refractivity contribution is 6.74. The minimum Gasteiger partial charge on any atom is -0.496 e. The van der Waals surface area contributed by atoms with E-state index in [1.807, 2.05) is 25.1 Å². The molecular formula is C26H42O5Si. The maximum absolute atomic E-state index is 11.5. The zero-order valence-electron chi connectivity index (χ0n) is 21.2. The summed E-state index contributed by atoms with van der Waals surface area (Å²) in [4.78, 5) is 0. The highest BCUT2D eigenvalue weighted by Gasteiger charge is 2.61. The first kappa shape index (κ1) is 26.6. The van der Waals surface area contributed by atoms with E-state index in [1.165, 1.54) is 0 Å². The van der Waals surface area contributed by atoms with Gasteiger partial charge >= 0.3 is 0 Å². The Labute approximate surface area is 195 Å². The molecule has 1 aliphatic heterocycles. The SMILES string of the molecule is C=CCC[C@]1(CO[Si](C)(C)C(C)(C)C)O[C@H]1[C@@H](O)c1c(OC)ccc(OC)c1CC(=C)C. The molecule has 1 aromatic carbocycles. The molecule has 2 rings (SSSR count). The molecule has 0 saturated carbocycles. The fourth-order valence-electron chi connectivity index (χ4n) is 3.78. The van der Waals surface area contributed by atoms with Crippen LogP contribution in [0, 0.1) is 0 Å². The maximum Gasteiger partial charge on any atom is 0.192 e. The predicted molar refractivity (Wildman–Crippen MR) is 133 cm³/mol. The summed E-state index contributed by atoms with van der Waals surface area (Å²) < 4.78 is 24.0. The Morgan fingerprint density at radius 3 is 2.34 bits per heavy atom. The fraction of sp³-hybridized carbons (Fsp3) is 0.615. The summed E-state index contributed by atoms with van der Waals surface area (Å²) in [6, 6.07) is 3.70. The van der Waals surface area contributed by atoms with Gasteiger partial charge < -0.3 is 23.7 Å². The van der Waals surface area contributed by atoms with Crippen LogP contribution in [0.25, 0.3) is 0 Å². The van der Waals surface area contributed by atoms with Gasteiger partial charge in [0.05, 0.1) is 20.8 Å². The number of allylic oxidation sites excluding steroid dienone is 2. The minimum absolute atomic E-state index is 0.0975. The van der Waals surface area contributed by atoms with Gasteiger partial charge in [0.15, 0.2) is 8.32 Å². The number of epoxide rings is 1. The van der Waals surface area contributed by atoms with E-state index in [0.29, 0.717) is 30.1 Å². The first-order chi connectivity index (χ1) is 14.8. The summed E-state index contributed by atoms with van der Waals surface area (Å²) >= 11 is 0. The average molecular weight is 463 g/mol. The predicted octanol–water partition coefficient (Wildman–Crippen LogP) is 5.98. The molecule has 1 saturated heterocycles. The Bertz CT molecular complexity index is 826. The van der Waals surface area contributed by atoms with Crippen molar-refractivity contribution in [2.75, 3.05) is 20.8 Å². The molecule has 6 heteroatoms. The zero-order valence-corrected chi connectivity index (χ0v) is 22.2. The smallest absolute Gasteiger partial charge is 0.192 e. The lowest BCUT2D eigenvalue weighted by molar-refractivity contribution is 0.131. The van der Waals surface area contributed by atoms with Crippen LogP contribution in [0.1, 0.15) is 57.8 Å². The molecular weight excluding hydrogens is 420 g/mol. The van der Waals surface area contributed by atoms with Crippen LogP contribution in [0.2, 0.25) is 18.1 Å². The molecule has 5 nitrogen and oxygen atoms in total. The van der Waals surface area contributed by atoms with E-state index in [9.17, 15) is 5.11 Å². The third kappa shape index (κ3) is 5.65. The number of methoxy groups -OCH3 is 2. The summed E-state index contributed by atoms with van der Waals surface area (Å²) in [6.45, 7) is 21.5. The van der Waals surface area contributed by atoms with Gasteiger partial charge in [0.2, 0.25) is 0 Å². The van der Waals surface area contributed by atoms with Crippen LogP contribution in [0.3, 0.4) is 0 Å². The van der Waals surface area contributed by atoms with Gasteiger partial charge in [0, 0.05) is 11.1 Å². The highest BCUT2D eigenvalue weighted by Crippen LogP contribution is 2.52. The number of hydrogen-bond donors (Lipinski definition) is 1. The molecule has 0 amide bonds. The number of aliphatic hydroxyl groups is 1. The monoisotopic (exact) mass is 462 g/mol. The van der Waals surface area contributed by atoms with E-state index < -0.39 is 26.1 Å². The van der Waals surface area contributed by atoms with Crippen molar-refractivity contribution < 1.29 is 23.7 Å². The van der Waals surface area contributed by atoms with Crippen molar-refractivity contribution in [1.29, 1.82) is 0 Å². The van der Waals surface area contributed by atoms with Gasteiger partial charge in [-0.05, 0) is 56.5 Å². The minimum atomic E-state index is -1.97. The molecule has 180 valence electrons. The Kier molecular flexibility index (Phi) is 8.43. The van der Waals surface area contributed by atoms with Gasteiger partial charge in [-0.3, -0.25) is 0 Å². The third-order valence-electron chi connectivity index (χ3n) is 6.85. The van der Waals surface area contributed by atoms with Crippen molar-refractivity contribution in [3.05, 3.63) is 48.1 Å². The Morgan fingerprint density at radius 2 is 1.84 bits per heavy atom. The highest BCUT2D eigenvalue weighted by atomic mass is 28.4. The van der Waals surface area contributed by atoms with Crippen LogP contribution in [-0.2, 0) is 15.6 Å². The van der Waals surface area contributed by atoms with Crippen LogP contribution >= 0.6 is 0 Å². The quantitative estimate of drug-likeness (QED) is 0.235. The normalized spacial score (nSPS) is 21.7. The molecule has 0 bridgehead atoms. The van der Waals surface area contributed by atoms with Crippen LogP contribution < -0.4 is 9.47 Å². The third-order valence-corrected chi connectivity index (χ3v) is 11.3. The molecule has 0 aromatic heterocycles. The van der Waals surface area contributed by atoms with Gasteiger partial charge in [-0.1, -0.05) is 39.0 Å². The van der Waals surface area contributed by atoms with Gasteiger partial charge in [-0.15, -0.1) is 6.58 Å². The van der Waals surface area contributed by atoms with Crippen LogP contribution in [0.4, 0.5) is 0 Å². The Morgan fingerprint density at radius 1 is 1.25 bits per heavy atom. The second-order valence-corrected chi connectivity index (χ2v) is 15.2. The van der Waals surface area contributed by atoms with E-state index in [-0.39, 0.29) is 5.04 Å². The molecule has 1 aromatic rings. The fourth-order valence-corrected chi connectivity index (χ4v) is 4.82. The van der Waals surface area contributed by atoms with Crippen LogP contribution in [0.5, 0.6) is 11.5 Å². The van der Waals surface area contributed by atoms with E-state index in [1.54, 1.807) is 14.2 Å². The van der Waals surface area contributed by atoms with Gasteiger partial charge in [0.1, 0.15) is 29.3 Å². The number of hydrogen-bond acceptors (Lipinski definition) is 5. The lowest BCUT2D eigenvalue weighted by atomic mass is 9.89. The topological polar surface area (TPSA) is 60.5 Å². The second-order valence-electron chi connectivity index (χ2n) is 10.4. The largest absolute Gasteiger partial charge is 0.496 e. The average Bonchev–Trinajstić information content (AvgIpc) is 3.43. The Hall–Kier alpha value is -1.60. The second kappa shape index (κ2) is 10.1. The molecule has 0 spiro atoms. The molecule has 3 atom stereocenters. The number of rotatable bonds is 12. The standard InChI is InChI=1S/C26H42O5Si/c1-11-12-15-26(17-30-32(9,10)25(4,5)6)24(31-26)23(27)22-19(16-18(2)3)20(28-7)13-14-21(22)29-8/h11,13-14,23-24,27H,1-2,12,15-17H2,3-10H3/t23-,24-,26+/m0/s1. The van der Waals surface area contributed by atoms with Crippen molar-refractivity contribution in [2.45, 2.75) is 82.9 Å². The molecule has 1 fully saturated rings. The van der Waals surface area contributed by atoms with Crippen molar-refractivity contribution in [2.24, 2.45) is 0 Å². The molecule has 1 N–H and O–H groups in total. The van der Waals surface area contributed by atoms with E-state index >= 15 is 0 Å². The summed E-state index contributed by atoms with van der Waals surface area (Å²) in [5, 5.41) is 11.6. The molecule has 1 aliphatic rings. The van der Waals surface area contributed by atoms with Gasteiger partial charge in [0.25, 0.3) is 0 Å². The summed E-state index contributed by atoms with van der Waals surface area (Å²) in [6.07, 6.45) is 2.74. The summed E-state index contributed by atoms with van der Waals surface area (Å²) in [5.41, 5.74) is 2.01. The Balaban J connectivity index is 2.40. The van der Waals surface area contributed by atoms with E-state index in [2.05, 4.69) is 47.0 Å². The number of benzene rings is 1. The van der Waals surface area contributed by atoms with Crippen molar-refractivity contribution in [3.8, 4) is 11.5 Å². The lowest BCUT2D eigenvalue weighted by Crippen LogP contribution is -2.44. The van der Waals surface area contributed by atoms with Crippen molar-refractivity contribution in [3.63, 3.8) is 0 Å². The van der Waals surface area contributed by atoms with Crippen LogP contribution in [-0.4, -0.2) is 46.0 Å². The van der Waals surface area contributed by atoms with Gasteiger partial charge in [-0.2, -0.15) is 0 Å². The van der Waals surface area contributed by atoms with Gasteiger partial charge in [-0.25, -0.2) is 0 Å². The zero-order chi connectivity index (χ0) is 24.3. The number of ether oxygens (including phenoxy) is 3. The molecule has 0 aliphatic carbocycles. The first-order valence-corrected chi connectivity index (χ1v) is 14.2. The number of aliphatic hydroxyl groups excluding tert-OH is 1. The molecule has 0 unspecified atom stereocenters. The first-order valence-electron chi connectivity index (χ1n) is 11.3. The molecule has 0 radical (unpaired) electrons. The van der Waals surface area contributed by atoms with E-state index in [4.69, 9.17) is 18.6 Å². The van der Waals surface area contributed by atoms with Crippen molar-refractivity contribution >= 4 is 8.32 Å². The molecule has 1 heterocycles. The molecule has 32 heavy (non-hydrogen) atoms.